The van der Waals surface area contributed by atoms with Gasteiger partial charge in [-0.25, -0.2) is 13.2 Å². The van der Waals surface area contributed by atoms with Crippen LogP contribution < -0.4 is 0 Å². The van der Waals surface area contributed by atoms with E-state index in [0.29, 0.717) is 17.7 Å². The first kappa shape index (κ1) is 19.9. The molecule has 158 valence electrons. The molecule has 6 heteroatoms. The summed E-state index contributed by atoms with van der Waals surface area (Å²) in [6.45, 7) is 0. The summed E-state index contributed by atoms with van der Waals surface area (Å²) in [5.41, 5.74) is 0.200. The first-order valence-electron chi connectivity index (χ1n) is 9.90. The summed E-state index contributed by atoms with van der Waals surface area (Å²) in [6.07, 6.45) is -4.42. The standard InChI is InChI=1S/C25H16F6/c26-21-12-23(28)22(27)11-20(21)19-10-8-17-16-6-5-13-3-1-2-4-14(13)15(16)7-9-18(17)24(19)25(29,30)31/h1-7,9,11-12,19,24H,8,10H2. The van der Waals surface area contributed by atoms with Crippen molar-refractivity contribution >= 4 is 21.5 Å². The molecule has 31 heavy (non-hydrogen) atoms. The van der Waals surface area contributed by atoms with E-state index < -0.39 is 41.0 Å². The fourth-order valence-corrected chi connectivity index (χ4v) is 4.98. The third-order valence-corrected chi connectivity index (χ3v) is 6.31. The molecule has 0 nitrogen and oxygen atoms in total. The predicted molar refractivity (Wildman–Crippen MR) is 108 cm³/mol. The summed E-state index contributed by atoms with van der Waals surface area (Å²) in [5.74, 6) is -7.27. The molecule has 0 saturated carbocycles. The van der Waals surface area contributed by atoms with E-state index in [1.807, 2.05) is 36.4 Å². The molecule has 0 amide bonds. The zero-order valence-corrected chi connectivity index (χ0v) is 16.1. The first-order chi connectivity index (χ1) is 14.8. The van der Waals surface area contributed by atoms with Crippen LogP contribution in [0, 0.1) is 17.5 Å². The van der Waals surface area contributed by atoms with Crippen LogP contribution in [0.4, 0.5) is 26.3 Å². The average molecular weight is 430 g/mol. The third-order valence-electron chi connectivity index (χ3n) is 6.31. The fraction of sp³-hybridized carbons (Fsp3) is 0.200. The van der Waals surface area contributed by atoms with Crippen molar-refractivity contribution in [3.05, 3.63) is 94.8 Å². The summed E-state index contributed by atoms with van der Waals surface area (Å²) in [6, 6.07) is 15.3. The molecule has 4 aromatic rings. The van der Waals surface area contributed by atoms with Crippen LogP contribution >= 0.6 is 0 Å². The highest BCUT2D eigenvalue weighted by Crippen LogP contribution is 2.52. The number of aryl methyl sites for hydroxylation is 1. The maximum absolute atomic E-state index is 14.4. The Labute approximate surface area is 174 Å². The van der Waals surface area contributed by atoms with Crippen molar-refractivity contribution in [3.63, 3.8) is 0 Å². The highest BCUT2D eigenvalue weighted by atomic mass is 19.4. The monoisotopic (exact) mass is 430 g/mol. The molecule has 0 bridgehead atoms. The number of benzene rings is 4. The Hall–Kier alpha value is -3.02. The Balaban J connectivity index is 1.73. The molecule has 0 fully saturated rings. The third kappa shape index (κ3) is 3.16. The highest BCUT2D eigenvalue weighted by Gasteiger charge is 2.49. The smallest absolute Gasteiger partial charge is 0.207 e. The molecule has 2 unspecified atom stereocenters. The van der Waals surface area contributed by atoms with E-state index in [-0.39, 0.29) is 18.4 Å². The van der Waals surface area contributed by atoms with Crippen LogP contribution in [0.2, 0.25) is 0 Å². The van der Waals surface area contributed by atoms with Crippen LogP contribution in [0.5, 0.6) is 0 Å². The van der Waals surface area contributed by atoms with E-state index in [2.05, 4.69) is 0 Å². The molecule has 4 aromatic carbocycles. The Morgan fingerprint density at radius 2 is 1.39 bits per heavy atom. The Kier molecular flexibility index (Phi) is 4.50. The highest BCUT2D eigenvalue weighted by molar-refractivity contribution is 6.08. The van der Waals surface area contributed by atoms with Gasteiger partial charge in [0.2, 0.25) is 0 Å². The molecule has 0 heterocycles. The van der Waals surface area contributed by atoms with Gasteiger partial charge in [-0.2, -0.15) is 13.2 Å². The van der Waals surface area contributed by atoms with Gasteiger partial charge < -0.3 is 0 Å². The number of hydrogen-bond donors (Lipinski definition) is 0. The molecule has 0 spiro atoms. The van der Waals surface area contributed by atoms with Gasteiger partial charge >= 0.3 is 6.18 Å². The summed E-state index contributed by atoms with van der Waals surface area (Å²) in [7, 11) is 0. The van der Waals surface area contributed by atoms with E-state index in [1.165, 1.54) is 6.07 Å². The van der Waals surface area contributed by atoms with Crippen LogP contribution in [0.3, 0.4) is 0 Å². The van der Waals surface area contributed by atoms with E-state index in [9.17, 15) is 26.3 Å². The molecule has 0 aliphatic heterocycles. The average Bonchev–Trinajstić information content (AvgIpc) is 2.74. The van der Waals surface area contributed by atoms with Gasteiger partial charge in [0.1, 0.15) is 5.82 Å². The number of fused-ring (bicyclic) bond motifs is 5. The van der Waals surface area contributed by atoms with E-state index in [0.717, 1.165) is 21.5 Å². The van der Waals surface area contributed by atoms with Crippen LogP contribution in [0.25, 0.3) is 21.5 Å². The maximum atomic E-state index is 14.4. The van der Waals surface area contributed by atoms with Gasteiger partial charge in [0, 0.05) is 12.0 Å². The van der Waals surface area contributed by atoms with Crippen LogP contribution in [-0.2, 0) is 6.42 Å². The van der Waals surface area contributed by atoms with E-state index in [4.69, 9.17) is 0 Å². The minimum absolute atomic E-state index is 0.0227. The molecular weight excluding hydrogens is 414 g/mol. The van der Waals surface area contributed by atoms with Gasteiger partial charge in [-0.05, 0) is 57.1 Å². The van der Waals surface area contributed by atoms with Crippen molar-refractivity contribution < 1.29 is 26.3 Å². The topological polar surface area (TPSA) is 0 Å². The molecule has 0 N–H and O–H groups in total. The Morgan fingerprint density at radius 1 is 0.677 bits per heavy atom. The fourth-order valence-electron chi connectivity index (χ4n) is 4.98. The van der Waals surface area contributed by atoms with Gasteiger partial charge in [-0.15, -0.1) is 0 Å². The van der Waals surface area contributed by atoms with Crippen LogP contribution in [0.15, 0.2) is 60.7 Å². The largest absolute Gasteiger partial charge is 0.396 e. The number of rotatable bonds is 1. The summed E-state index contributed by atoms with van der Waals surface area (Å²) >= 11 is 0. The first-order valence-corrected chi connectivity index (χ1v) is 9.90. The van der Waals surface area contributed by atoms with E-state index in [1.54, 1.807) is 6.07 Å². The summed E-state index contributed by atoms with van der Waals surface area (Å²) < 4.78 is 84.2. The summed E-state index contributed by atoms with van der Waals surface area (Å²) in [4.78, 5) is 0. The lowest BCUT2D eigenvalue weighted by molar-refractivity contribution is -0.157. The van der Waals surface area contributed by atoms with Crippen molar-refractivity contribution in [2.45, 2.75) is 30.9 Å². The quantitative estimate of drug-likeness (QED) is 0.164. The van der Waals surface area contributed by atoms with Gasteiger partial charge in [-0.1, -0.05) is 48.5 Å². The molecule has 5 rings (SSSR count). The number of hydrogen-bond acceptors (Lipinski definition) is 0. The Bertz CT molecular complexity index is 1320. The normalized spacial score (nSPS) is 19.0. The summed E-state index contributed by atoms with van der Waals surface area (Å²) in [5, 5.41) is 3.52. The van der Waals surface area contributed by atoms with Crippen molar-refractivity contribution in [1.82, 2.24) is 0 Å². The lowest BCUT2D eigenvalue weighted by Gasteiger charge is -2.36. The number of halogens is 6. The van der Waals surface area contributed by atoms with Gasteiger partial charge in [0.25, 0.3) is 0 Å². The molecule has 1 aliphatic rings. The molecular formula is C25H16F6. The van der Waals surface area contributed by atoms with Crippen molar-refractivity contribution in [2.75, 3.05) is 0 Å². The van der Waals surface area contributed by atoms with Gasteiger partial charge in [0.15, 0.2) is 11.6 Å². The molecule has 2 atom stereocenters. The number of alkyl halides is 3. The van der Waals surface area contributed by atoms with Crippen molar-refractivity contribution in [2.24, 2.45) is 0 Å². The lowest BCUT2D eigenvalue weighted by atomic mass is 9.70. The second-order valence-corrected chi connectivity index (χ2v) is 7.97. The van der Waals surface area contributed by atoms with Crippen LogP contribution in [0.1, 0.15) is 34.9 Å². The SMILES string of the molecule is Fc1cc(F)c(C2CCc3c(ccc4c3ccc3ccccc34)C2C(F)(F)F)cc1F. The lowest BCUT2D eigenvalue weighted by Crippen LogP contribution is -2.32. The molecule has 0 radical (unpaired) electrons. The predicted octanol–water partition coefficient (Wildman–Crippen LogP) is 7.79. The van der Waals surface area contributed by atoms with Crippen LogP contribution in [-0.4, -0.2) is 6.18 Å². The zero-order valence-electron chi connectivity index (χ0n) is 16.1. The second-order valence-electron chi connectivity index (χ2n) is 7.97. The van der Waals surface area contributed by atoms with E-state index >= 15 is 0 Å². The second kappa shape index (κ2) is 7.01. The van der Waals surface area contributed by atoms with Crippen molar-refractivity contribution in [1.29, 1.82) is 0 Å². The minimum Gasteiger partial charge on any atom is -0.207 e. The molecule has 1 aliphatic carbocycles. The zero-order chi connectivity index (χ0) is 21.9. The maximum Gasteiger partial charge on any atom is 0.396 e. The Morgan fingerprint density at radius 3 is 2.16 bits per heavy atom. The molecule has 0 saturated heterocycles. The molecule has 0 aromatic heterocycles. The van der Waals surface area contributed by atoms with Crippen molar-refractivity contribution in [3.8, 4) is 0 Å². The van der Waals surface area contributed by atoms with Gasteiger partial charge in [0.05, 0.1) is 5.92 Å². The minimum atomic E-state index is -4.68. The van der Waals surface area contributed by atoms with Gasteiger partial charge in [-0.3, -0.25) is 0 Å².